The molecule has 0 heterocycles. The second-order valence-corrected chi connectivity index (χ2v) is 5.32. The third-order valence-electron chi connectivity index (χ3n) is 2.64. The van der Waals surface area contributed by atoms with Crippen LogP contribution in [0.4, 0.5) is 0 Å². The van der Waals surface area contributed by atoms with Gasteiger partial charge in [-0.15, -0.1) is 0 Å². The number of amides is 1. The van der Waals surface area contributed by atoms with Crippen molar-refractivity contribution < 1.29 is 14.7 Å². The smallest absolute Gasteiger partial charge is 0.220 e. The normalized spacial score (nSPS) is 12.9. The van der Waals surface area contributed by atoms with Crippen LogP contribution in [0.2, 0.25) is 10.0 Å². The van der Waals surface area contributed by atoms with Gasteiger partial charge < -0.3 is 15.3 Å². The number of nitrogens with one attached hydrogen (secondary N) is 1. The number of hydrogen-bond acceptors (Lipinski definition) is 4. The molecule has 1 atom stereocenters. The summed E-state index contributed by atoms with van der Waals surface area (Å²) in [7, 11) is 1.44. The van der Waals surface area contributed by atoms with Gasteiger partial charge in [-0.25, -0.2) is 0 Å². The van der Waals surface area contributed by atoms with Gasteiger partial charge in [0.15, 0.2) is 0 Å². The number of halogens is 2. The lowest BCUT2D eigenvalue weighted by atomic mass is 10.1. The number of aliphatic hydroxyl groups excluding tert-OH is 1. The van der Waals surface area contributed by atoms with Crippen molar-refractivity contribution in [3.63, 3.8) is 0 Å². The minimum Gasteiger partial charge on any atom is -0.399 e. The summed E-state index contributed by atoms with van der Waals surface area (Å²) in [5.41, 5.74) is 1.35. The summed E-state index contributed by atoms with van der Waals surface area (Å²) in [5, 5.41) is 16.5. The molecule has 1 aromatic carbocycles. The Morgan fingerprint density at radius 2 is 2.10 bits per heavy atom. The second kappa shape index (κ2) is 8.87. The Labute approximate surface area is 133 Å². The van der Waals surface area contributed by atoms with Crippen molar-refractivity contribution in [3.8, 4) is 0 Å². The van der Waals surface area contributed by atoms with Gasteiger partial charge in [0.25, 0.3) is 0 Å². The minimum absolute atomic E-state index is 0.167. The average Bonchev–Trinajstić information content (AvgIpc) is 2.44. The fourth-order valence-electron chi connectivity index (χ4n) is 1.61. The predicted octanol–water partition coefficient (Wildman–Crippen LogP) is 2.62. The highest BCUT2D eigenvalue weighted by atomic mass is 35.5. The number of aliphatic hydroxyl groups is 1. The molecule has 7 heteroatoms. The van der Waals surface area contributed by atoms with Gasteiger partial charge in [0.1, 0.15) is 7.11 Å². The van der Waals surface area contributed by atoms with Crippen LogP contribution in [0, 0.1) is 0 Å². The number of hydrogen-bond donors (Lipinski definition) is 2. The molecule has 0 aliphatic rings. The summed E-state index contributed by atoms with van der Waals surface area (Å²) in [6, 6.07) is 5.10. The summed E-state index contributed by atoms with van der Waals surface area (Å²) in [6.07, 6.45) is 0.0446. The highest BCUT2D eigenvalue weighted by Gasteiger charge is 2.11. The molecule has 0 saturated carbocycles. The maximum Gasteiger partial charge on any atom is 0.220 e. The molecule has 21 heavy (non-hydrogen) atoms. The Morgan fingerprint density at radius 3 is 2.67 bits per heavy atom. The molecule has 1 aromatic rings. The summed E-state index contributed by atoms with van der Waals surface area (Å²) in [4.78, 5) is 16.4. The largest absolute Gasteiger partial charge is 0.399 e. The van der Waals surface area contributed by atoms with Gasteiger partial charge in [-0.05, 0) is 19.1 Å². The van der Waals surface area contributed by atoms with Crippen LogP contribution in [0.15, 0.2) is 23.4 Å². The van der Waals surface area contributed by atoms with Crippen LogP contribution in [0.1, 0.15) is 25.3 Å². The molecule has 0 bridgehead atoms. The minimum atomic E-state index is -0.573. The van der Waals surface area contributed by atoms with Crippen molar-refractivity contribution in [2.24, 2.45) is 5.16 Å². The molecule has 2 N–H and O–H groups in total. The molecule has 1 unspecified atom stereocenters. The first-order valence-corrected chi connectivity index (χ1v) is 7.19. The van der Waals surface area contributed by atoms with E-state index < -0.39 is 6.10 Å². The van der Waals surface area contributed by atoms with Crippen LogP contribution in [0.25, 0.3) is 0 Å². The molecule has 0 aliphatic carbocycles. The van der Waals surface area contributed by atoms with E-state index >= 15 is 0 Å². The van der Waals surface area contributed by atoms with E-state index in [0.29, 0.717) is 22.2 Å². The fraction of sp³-hybridized carbons (Fsp3) is 0.429. The molecule has 1 rings (SSSR count). The zero-order valence-corrected chi connectivity index (χ0v) is 13.4. The van der Waals surface area contributed by atoms with Crippen molar-refractivity contribution >= 4 is 34.8 Å². The maximum absolute atomic E-state index is 11.6. The van der Waals surface area contributed by atoms with E-state index in [2.05, 4.69) is 10.5 Å². The van der Waals surface area contributed by atoms with E-state index in [9.17, 15) is 4.79 Å². The predicted molar refractivity (Wildman–Crippen MR) is 83.9 cm³/mol. The van der Waals surface area contributed by atoms with E-state index in [1.807, 2.05) is 0 Å². The van der Waals surface area contributed by atoms with E-state index in [-0.39, 0.29) is 18.9 Å². The maximum atomic E-state index is 11.6. The lowest BCUT2D eigenvalue weighted by molar-refractivity contribution is -0.121. The average molecular weight is 333 g/mol. The van der Waals surface area contributed by atoms with Crippen LogP contribution in [-0.2, 0) is 9.63 Å². The molecule has 0 aromatic heterocycles. The van der Waals surface area contributed by atoms with Gasteiger partial charge in [0.05, 0.1) is 21.9 Å². The number of benzene rings is 1. The van der Waals surface area contributed by atoms with Crippen LogP contribution < -0.4 is 5.32 Å². The van der Waals surface area contributed by atoms with Gasteiger partial charge >= 0.3 is 0 Å². The van der Waals surface area contributed by atoms with Gasteiger partial charge in [-0.2, -0.15) is 0 Å². The zero-order chi connectivity index (χ0) is 15.8. The standard InChI is InChI=1S/C14H18Cl2N2O3/c1-9(19)8-17-14(20)6-5-13(18-21-2)10-3-4-11(15)12(16)7-10/h3-4,7,9,19H,5-6,8H2,1-2H3,(H,17,20)/b18-13-. The van der Waals surface area contributed by atoms with Gasteiger partial charge in [-0.3, -0.25) is 4.79 Å². The van der Waals surface area contributed by atoms with E-state index in [4.69, 9.17) is 33.1 Å². The van der Waals surface area contributed by atoms with Gasteiger partial charge in [0.2, 0.25) is 5.91 Å². The second-order valence-electron chi connectivity index (χ2n) is 4.50. The Bertz CT molecular complexity index is 519. The topological polar surface area (TPSA) is 70.9 Å². The molecular formula is C14H18Cl2N2O3. The van der Waals surface area contributed by atoms with Crippen LogP contribution in [0.3, 0.4) is 0 Å². The van der Waals surface area contributed by atoms with Crippen molar-refractivity contribution in [2.75, 3.05) is 13.7 Å². The van der Waals surface area contributed by atoms with Crippen molar-refractivity contribution in [1.29, 1.82) is 0 Å². The summed E-state index contributed by atoms with van der Waals surface area (Å²) < 4.78 is 0. The summed E-state index contributed by atoms with van der Waals surface area (Å²) in [5.74, 6) is -0.167. The summed E-state index contributed by atoms with van der Waals surface area (Å²) >= 11 is 11.8. The molecule has 0 fully saturated rings. The molecule has 1 amide bonds. The first-order valence-electron chi connectivity index (χ1n) is 6.44. The molecule has 0 spiro atoms. The summed E-state index contributed by atoms with van der Waals surface area (Å²) in [6.45, 7) is 1.83. The number of carbonyl (C=O) groups is 1. The molecule has 0 aliphatic heterocycles. The molecule has 0 saturated heterocycles. The van der Waals surface area contributed by atoms with Crippen molar-refractivity contribution in [2.45, 2.75) is 25.9 Å². The van der Waals surface area contributed by atoms with Crippen LogP contribution in [-0.4, -0.2) is 36.5 Å². The lowest BCUT2D eigenvalue weighted by Crippen LogP contribution is -2.30. The Balaban J connectivity index is 2.68. The van der Waals surface area contributed by atoms with Crippen LogP contribution in [0.5, 0.6) is 0 Å². The van der Waals surface area contributed by atoms with Crippen LogP contribution >= 0.6 is 23.2 Å². The lowest BCUT2D eigenvalue weighted by Gasteiger charge is -2.09. The van der Waals surface area contributed by atoms with E-state index in [1.54, 1.807) is 25.1 Å². The Morgan fingerprint density at radius 1 is 1.38 bits per heavy atom. The number of oxime groups is 1. The number of rotatable bonds is 7. The SMILES string of the molecule is CO/N=C(/CCC(=O)NCC(C)O)c1ccc(Cl)c(Cl)c1. The Hall–Kier alpha value is -1.30. The number of nitrogens with zero attached hydrogens (tertiary/aromatic N) is 1. The van der Waals surface area contributed by atoms with E-state index in [0.717, 1.165) is 5.56 Å². The Kier molecular flexibility index (Phi) is 7.50. The van der Waals surface area contributed by atoms with Gasteiger partial charge in [0, 0.05) is 24.9 Å². The number of carbonyl (C=O) groups excluding carboxylic acids is 1. The van der Waals surface area contributed by atoms with Crippen molar-refractivity contribution in [3.05, 3.63) is 33.8 Å². The highest BCUT2D eigenvalue weighted by Crippen LogP contribution is 2.23. The highest BCUT2D eigenvalue weighted by molar-refractivity contribution is 6.42. The van der Waals surface area contributed by atoms with Crippen molar-refractivity contribution in [1.82, 2.24) is 5.32 Å². The monoisotopic (exact) mass is 332 g/mol. The van der Waals surface area contributed by atoms with E-state index in [1.165, 1.54) is 7.11 Å². The molecule has 116 valence electrons. The third-order valence-corrected chi connectivity index (χ3v) is 3.38. The quantitative estimate of drug-likeness (QED) is 0.595. The molecule has 0 radical (unpaired) electrons. The molecule has 5 nitrogen and oxygen atoms in total. The fourth-order valence-corrected chi connectivity index (χ4v) is 1.91. The zero-order valence-electron chi connectivity index (χ0n) is 11.9. The first-order chi connectivity index (χ1) is 9.93. The van der Waals surface area contributed by atoms with Gasteiger partial charge in [-0.1, -0.05) is 34.4 Å². The third kappa shape index (κ3) is 6.33. The molecular weight excluding hydrogens is 315 g/mol. The first kappa shape index (κ1) is 17.8.